The van der Waals surface area contributed by atoms with Crippen molar-refractivity contribution in [1.29, 1.82) is 0 Å². The van der Waals surface area contributed by atoms with Gasteiger partial charge < -0.3 is 4.74 Å². The molecule has 0 saturated carbocycles. The second-order valence-corrected chi connectivity index (χ2v) is 4.01. The Balaban J connectivity index is 3.34. The van der Waals surface area contributed by atoms with E-state index >= 15 is 0 Å². The highest BCUT2D eigenvalue weighted by Gasteiger charge is 2.06. The molecule has 0 bridgehead atoms. The fourth-order valence-electron chi connectivity index (χ4n) is 1.53. The summed E-state index contributed by atoms with van der Waals surface area (Å²) in [7, 11) is 0. The fraction of sp³-hybridized carbons (Fsp3) is 0.846. The Morgan fingerprint density at radius 1 is 0.875 bits per heavy atom. The highest BCUT2D eigenvalue weighted by Crippen LogP contribution is 2.07. The molecular formula is C13H24O3. The Morgan fingerprint density at radius 2 is 1.56 bits per heavy atom. The average molecular weight is 228 g/mol. The number of hydrogen-bond donors (Lipinski definition) is 0. The van der Waals surface area contributed by atoms with Crippen molar-refractivity contribution < 1.29 is 14.3 Å². The summed E-state index contributed by atoms with van der Waals surface area (Å²) in [6.07, 6.45) is 6.95. The lowest BCUT2D eigenvalue weighted by Gasteiger charge is -2.02. The van der Waals surface area contributed by atoms with Gasteiger partial charge in [0.2, 0.25) is 0 Å². The predicted octanol–water partition coefficient (Wildman–Crippen LogP) is 3.26. The number of Topliss-reactive ketones (excluding diaryl/α,β-unsaturated/α-hetero) is 1. The van der Waals surface area contributed by atoms with Gasteiger partial charge in [-0.3, -0.25) is 9.59 Å². The van der Waals surface area contributed by atoms with Crippen molar-refractivity contribution in [2.45, 2.75) is 65.2 Å². The first kappa shape index (κ1) is 15.1. The van der Waals surface area contributed by atoms with Crippen molar-refractivity contribution >= 4 is 11.8 Å². The van der Waals surface area contributed by atoms with Crippen LogP contribution in [0.25, 0.3) is 0 Å². The molecule has 0 saturated heterocycles. The smallest absolute Gasteiger partial charge is 0.306 e. The van der Waals surface area contributed by atoms with Gasteiger partial charge in [0.15, 0.2) is 0 Å². The zero-order valence-electron chi connectivity index (χ0n) is 10.6. The molecule has 0 aliphatic carbocycles. The van der Waals surface area contributed by atoms with E-state index in [1.807, 2.05) is 0 Å². The number of carbonyl (C=O) groups excluding carboxylic acids is 2. The summed E-state index contributed by atoms with van der Waals surface area (Å²) in [4.78, 5) is 22.4. The molecule has 16 heavy (non-hydrogen) atoms. The third-order valence-electron chi connectivity index (χ3n) is 2.47. The minimum atomic E-state index is -0.262. The summed E-state index contributed by atoms with van der Waals surface area (Å²) in [5.41, 5.74) is 0. The molecule has 0 aliphatic heterocycles. The van der Waals surface area contributed by atoms with E-state index in [2.05, 4.69) is 6.92 Å². The average Bonchev–Trinajstić information content (AvgIpc) is 2.26. The molecule has 0 atom stereocenters. The van der Waals surface area contributed by atoms with E-state index in [0.29, 0.717) is 19.4 Å². The zero-order chi connectivity index (χ0) is 12.2. The number of unbranched alkanes of at least 4 members (excludes halogenated alkanes) is 4. The molecule has 0 aromatic heterocycles. The zero-order valence-corrected chi connectivity index (χ0v) is 10.6. The molecule has 0 fully saturated rings. The first-order valence-electron chi connectivity index (χ1n) is 6.38. The number of esters is 1. The SMILES string of the molecule is CCCCCCCC(=O)CCC(=O)OCC. The molecule has 0 N–H and O–H groups in total. The Labute approximate surface area is 98.6 Å². The lowest BCUT2D eigenvalue weighted by Crippen LogP contribution is -2.07. The van der Waals surface area contributed by atoms with Gasteiger partial charge in [-0.1, -0.05) is 32.6 Å². The molecule has 3 nitrogen and oxygen atoms in total. The van der Waals surface area contributed by atoms with Crippen molar-refractivity contribution in [3.8, 4) is 0 Å². The summed E-state index contributed by atoms with van der Waals surface area (Å²) in [5.74, 6) is -0.0774. The van der Waals surface area contributed by atoms with E-state index in [-0.39, 0.29) is 18.2 Å². The summed E-state index contributed by atoms with van der Waals surface area (Å²) >= 11 is 0. The Kier molecular flexibility index (Phi) is 10.1. The monoisotopic (exact) mass is 228 g/mol. The lowest BCUT2D eigenvalue weighted by molar-refractivity contribution is -0.144. The van der Waals surface area contributed by atoms with Gasteiger partial charge in [-0.2, -0.15) is 0 Å². The van der Waals surface area contributed by atoms with Crippen LogP contribution in [0.15, 0.2) is 0 Å². The third kappa shape index (κ3) is 9.69. The molecule has 0 rings (SSSR count). The lowest BCUT2D eigenvalue weighted by atomic mass is 10.1. The number of ketones is 1. The Bertz CT molecular complexity index is 199. The predicted molar refractivity (Wildman–Crippen MR) is 64.3 cm³/mol. The number of ether oxygens (including phenoxy) is 1. The molecule has 0 aromatic rings. The molecule has 0 unspecified atom stereocenters. The van der Waals surface area contributed by atoms with E-state index in [1.54, 1.807) is 6.92 Å². The van der Waals surface area contributed by atoms with E-state index in [1.165, 1.54) is 19.3 Å². The minimum absolute atomic E-state index is 0.185. The molecule has 0 aliphatic rings. The van der Waals surface area contributed by atoms with Crippen molar-refractivity contribution in [3.05, 3.63) is 0 Å². The third-order valence-corrected chi connectivity index (χ3v) is 2.47. The molecule has 0 radical (unpaired) electrons. The topological polar surface area (TPSA) is 43.4 Å². The summed E-state index contributed by atoms with van der Waals surface area (Å²) < 4.78 is 4.76. The molecule has 3 heteroatoms. The summed E-state index contributed by atoms with van der Waals surface area (Å²) in [6.45, 7) is 4.34. The molecule has 94 valence electrons. The molecule has 0 heterocycles. The Morgan fingerprint density at radius 3 is 2.19 bits per heavy atom. The van der Waals surface area contributed by atoms with E-state index in [4.69, 9.17) is 4.74 Å². The van der Waals surface area contributed by atoms with Crippen LogP contribution >= 0.6 is 0 Å². The second kappa shape index (κ2) is 10.7. The number of hydrogen-bond acceptors (Lipinski definition) is 3. The van der Waals surface area contributed by atoms with Crippen LogP contribution in [-0.4, -0.2) is 18.4 Å². The van der Waals surface area contributed by atoms with Crippen LogP contribution in [-0.2, 0) is 14.3 Å². The highest BCUT2D eigenvalue weighted by atomic mass is 16.5. The van der Waals surface area contributed by atoms with Gasteiger partial charge in [-0.15, -0.1) is 0 Å². The first-order valence-corrected chi connectivity index (χ1v) is 6.38. The van der Waals surface area contributed by atoms with E-state index < -0.39 is 0 Å². The van der Waals surface area contributed by atoms with Gasteiger partial charge >= 0.3 is 5.97 Å². The number of rotatable bonds is 10. The van der Waals surface area contributed by atoms with Crippen LogP contribution in [0.2, 0.25) is 0 Å². The van der Waals surface area contributed by atoms with Gasteiger partial charge in [0.1, 0.15) is 5.78 Å². The van der Waals surface area contributed by atoms with Crippen LogP contribution < -0.4 is 0 Å². The van der Waals surface area contributed by atoms with Gasteiger partial charge in [-0.05, 0) is 13.3 Å². The molecule has 0 spiro atoms. The molecular weight excluding hydrogens is 204 g/mol. The fourth-order valence-corrected chi connectivity index (χ4v) is 1.53. The standard InChI is InChI=1S/C13H24O3/c1-3-5-6-7-8-9-12(14)10-11-13(15)16-4-2/h3-11H2,1-2H3. The van der Waals surface area contributed by atoms with E-state index in [9.17, 15) is 9.59 Å². The van der Waals surface area contributed by atoms with Crippen LogP contribution in [0.1, 0.15) is 65.2 Å². The second-order valence-electron chi connectivity index (χ2n) is 4.01. The van der Waals surface area contributed by atoms with Gasteiger partial charge in [0.25, 0.3) is 0 Å². The Hall–Kier alpha value is -0.860. The molecule has 0 amide bonds. The summed E-state index contributed by atoms with van der Waals surface area (Å²) in [5, 5.41) is 0. The highest BCUT2D eigenvalue weighted by molar-refractivity contribution is 5.82. The van der Waals surface area contributed by atoms with Gasteiger partial charge in [0, 0.05) is 12.8 Å². The van der Waals surface area contributed by atoms with Crippen molar-refractivity contribution in [3.63, 3.8) is 0 Å². The van der Waals surface area contributed by atoms with E-state index in [0.717, 1.165) is 12.8 Å². The maximum absolute atomic E-state index is 11.4. The quantitative estimate of drug-likeness (QED) is 0.426. The van der Waals surface area contributed by atoms with Gasteiger partial charge in [0.05, 0.1) is 13.0 Å². The van der Waals surface area contributed by atoms with Crippen molar-refractivity contribution in [1.82, 2.24) is 0 Å². The number of carbonyl (C=O) groups is 2. The largest absolute Gasteiger partial charge is 0.466 e. The summed E-state index contributed by atoms with van der Waals surface area (Å²) in [6, 6.07) is 0. The normalized spacial score (nSPS) is 10.1. The minimum Gasteiger partial charge on any atom is -0.466 e. The first-order chi connectivity index (χ1) is 7.70. The van der Waals surface area contributed by atoms with Crippen LogP contribution in [0, 0.1) is 0 Å². The maximum atomic E-state index is 11.4. The van der Waals surface area contributed by atoms with Gasteiger partial charge in [-0.25, -0.2) is 0 Å². The maximum Gasteiger partial charge on any atom is 0.306 e. The van der Waals surface area contributed by atoms with Crippen molar-refractivity contribution in [2.75, 3.05) is 6.61 Å². The van der Waals surface area contributed by atoms with Crippen molar-refractivity contribution in [2.24, 2.45) is 0 Å². The van der Waals surface area contributed by atoms with Crippen LogP contribution in [0.4, 0.5) is 0 Å². The van der Waals surface area contributed by atoms with Crippen LogP contribution in [0.5, 0.6) is 0 Å². The van der Waals surface area contributed by atoms with Crippen LogP contribution in [0.3, 0.4) is 0 Å². The molecule has 0 aromatic carbocycles.